The van der Waals surface area contributed by atoms with Crippen molar-refractivity contribution in [3.8, 4) is 0 Å². The number of nitrogens with zero attached hydrogens (tertiary/aromatic N) is 6. The van der Waals surface area contributed by atoms with Crippen LogP contribution in [0.3, 0.4) is 0 Å². The normalized spacial score (nSPS) is 18.8. The molecule has 0 aromatic carbocycles. The number of guanidine groups is 1. The van der Waals surface area contributed by atoms with Crippen LogP contribution in [0.2, 0.25) is 0 Å². The molecule has 4 heterocycles. The highest BCUT2D eigenvalue weighted by atomic mass is 32.2. The first-order valence-electron chi connectivity index (χ1n) is 11.0. The molecule has 1 unspecified atom stereocenters. The van der Waals surface area contributed by atoms with Crippen molar-refractivity contribution in [3.05, 3.63) is 40.5 Å². The molecule has 4 rings (SSSR count). The number of fused-ring (bicyclic) bond motifs is 1. The first kappa shape index (κ1) is 28.5. The van der Waals surface area contributed by atoms with E-state index in [-0.39, 0.29) is 28.4 Å². The number of hydrogen-bond acceptors (Lipinski definition) is 14. The van der Waals surface area contributed by atoms with Gasteiger partial charge in [0.1, 0.15) is 17.1 Å². The van der Waals surface area contributed by atoms with Crippen molar-refractivity contribution in [1.29, 1.82) is 0 Å². The van der Waals surface area contributed by atoms with Crippen LogP contribution in [0.15, 0.2) is 44.0 Å². The number of hydrogen-bond donors (Lipinski definition) is 6. The summed E-state index contributed by atoms with van der Waals surface area (Å²) in [7, 11) is 0. The Hall–Kier alpha value is -3.55. The fraction of sp³-hybridized carbons (Fsp3) is 0.300. The molecule has 0 saturated carbocycles. The minimum atomic E-state index is -1.27. The SMILES string of the molecule is NC(N)=NCCSCc1ncccc1SC1=C(C(=O)O)N2C(=O)C(NC(=O)/C(=N\O)c3nsc(N)n3)[C@H]2SC1. The van der Waals surface area contributed by atoms with E-state index in [1.165, 1.54) is 23.5 Å². The fourth-order valence-electron chi connectivity index (χ4n) is 3.57. The van der Waals surface area contributed by atoms with Gasteiger partial charge in [-0.2, -0.15) is 21.1 Å². The lowest BCUT2D eigenvalue weighted by Crippen LogP contribution is -2.71. The summed E-state index contributed by atoms with van der Waals surface area (Å²) in [5, 5.41) is 24.1. The van der Waals surface area contributed by atoms with E-state index < -0.39 is 34.9 Å². The van der Waals surface area contributed by atoms with Crippen LogP contribution in [0, 0.1) is 0 Å². The highest BCUT2D eigenvalue weighted by Crippen LogP contribution is 2.45. The third kappa shape index (κ3) is 6.37. The number of amides is 2. The van der Waals surface area contributed by atoms with Gasteiger partial charge in [0.15, 0.2) is 11.1 Å². The van der Waals surface area contributed by atoms with Crippen molar-refractivity contribution >= 4 is 81.4 Å². The van der Waals surface area contributed by atoms with Crippen LogP contribution in [0.5, 0.6) is 0 Å². The first-order chi connectivity index (χ1) is 18.7. The third-order valence-electron chi connectivity index (χ3n) is 5.24. The Labute approximate surface area is 237 Å². The second kappa shape index (κ2) is 12.5. The number of carboxylic acid groups (broad SMARTS) is 1. The Kier molecular flexibility index (Phi) is 9.15. The largest absolute Gasteiger partial charge is 0.477 e. The van der Waals surface area contributed by atoms with Crippen LogP contribution in [0.25, 0.3) is 0 Å². The van der Waals surface area contributed by atoms with Crippen LogP contribution < -0.4 is 22.5 Å². The summed E-state index contributed by atoms with van der Waals surface area (Å²) >= 11 is 4.92. The van der Waals surface area contributed by atoms with Crippen molar-refractivity contribution in [2.45, 2.75) is 22.1 Å². The zero-order valence-electron chi connectivity index (χ0n) is 19.9. The molecule has 19 heteroatoms. The molecule has 1 fully saturated rings. The molecule has 206 valence electrons. The summed E-state index contributed by atoms with van der Waals surface area (Å²) < 4.78 is 3.83. The van der Waals surface area contributed by atoms with Crippen molar-refractivity contribution in [1.82, 2.24) is 24.6 Å². The lowest BCUT2D eigenvalue weighted by atomic mass is 10.0. The Bertz CT molecular complexity index is 1380. The van der Waals surface area contributed by atoms with E-state index in [2.05, 4.69) is 29.8 Å². The molecule has 39 heavy (non-hydrogen) atoms. The van der Waals surface area contributed by atoms with Gasteiger partial charge in [-0.3, -0.25) is 24.5 Å². The number of carboxylic acids is 1. The van der Waals surface area contributed by atoms with Gasteiger partial charge < -0.3 is 32.8 Å². The van der Waals surface area contributed by atoms with Crippen LogP contribution in [0.4, 0.5) is 5.13 Å². The molecule has 2 aromatic rings. The molecule has 15 nitrogen and oxygen atoms in total. The van der Waals surface area contributed by atoms with Gasteiger partial charge in [0.2, 0.25) is 11.5 Å². The van der Waals surface area contributed by atoms with E-state index in [0.29, 0.717) is 23.0 Å². The van der Waals surface area contributed by atoms with Crippen molar-refractivity contribution < 1.29 is 24.7 Å². The van der Waals surface area contributed by atoms with Crippen molar-refractivity contribution in [3.63, 3.8) is 0 Å². The summed E-state index contributed by atoms with van der Waals surface area (Å²) in [6, 6.07) is 2.55. The van der Waals surface area contributed by atoms with Gasteiger partial charge in [0.05, 0.1) is 12.2 Å². The maximum atomic E-state index is 13.0. The molecule has 2 aromatic heterocycles. The van der Waals surface area contributed by atoms with Crippen LogP contribution >= 0.6 is 46.8 Å². The number of rotatable bonds is 11. The Balaban J connectivity index is 1.47. The highest BCUT2D eigenvalue weighted by Gasteiger charge is 2.54. The van der Waals surface area contributed by atoms with E-state index in [1.54, 1.807) is 24.0 Å². The number of nitrogens with one attached hydrogen (secondary N) is 1. The van der Waals surface area contributed by atoms with Gasteiger partial charge in [0, 0.05) is 44.8 Å². The predicted molar refractivity (Wildman–Crippen MR) is 149 cm³/mol. The molecule has 9 N–H and O–H groups in total. The number of β-lactam (4-membered cyclic amide) rings is 1. The topological polar surface area (TPSA) is 248 Å². The molecule has 1 saturated heterocycles. The van der Waals surface area contributed by atoms with Crippen LogP contribution in [-0.4, -0.2) is 88.5 Å². The maximum absolute atomic E-state index is 13.0. The van der Waals surface area contributed by atoms with Gasteiger partial charge in [-0.1, -0.05) is 16.9 Å². The number of aliphatic carboxylic acids is 1. The zero-order valence-corrected chi connectivity index (χ0v) is 23.1. The summed E-state index contributed by atoms with van der Waals surface area (Å²) in [6.45, 7) is 0.462. The third-order valence-corrected chi connectivity index (χ3v) is 9.37. The summed E-state index contributed by atoms with van der Waals surface area (Å²) in [5.74, 6) is -1.43. The molecule has 0 aliphatic carbocycles. The van der Waals surface area contributed by atoms with E-state index in [0.717, 1.165) is 27.0 Å². The summed E-state index contributed by atoms with van der Waals surface area (Å²) in [4.78, 5) is 52.5. The smallest absolute Gasteiger partial charge is 0.353 e. The highest BCUT2D eigenvalue weighted by molar-refractivity contribution is 8.06. The minimum Gasteiger partial charge on any atom is -0.477 e. The van der Waals surface area contributed by atoms with Crippen LogP contribution in [0.1, 0.15) is 11.5 Å². The molecule has 0 spiro atoms. The van der Waals surface area contributed by atoms with Gasteiger partial charge in [-0.05, 0) is 12.1 Å². The van der Waals surface area contributed by atoms with E-state index in [1.807, 2.05) is 6.07 Å². The molecule has 0 bridgehead atoms. The second-order valence-corrected chi connectivity index (χ2v) is 11.9. The lowest BCUT2D eigenvalue weighted by molar-refractivity contribution is -0.150. The average molecular weight is 611 g/mol. The van der Waals surface area contributed by atoms with Crippen molar-refractivity contribution in [2.24, 2.45) is 21.6 Å². The van der Waals surface area contributed by atoms with Gasteiger partial charge in [0.25, 0.3) is 11.8 Å². The Morgan fingerprint density at radius 1 is 1.33 bits per heavy atom. The molecular formula is C20H22N10O5S4. The lowest BCUT2D eigenvalue weighted by Gasteiger charge is -2.49. The number of pyridine rings is 1. The summed E-state index contributed by atoms with van der Waals surface area (Å²) in [5.41, 5.74) is 16.3. The number of nitrogens with two attached hydrogens (primary N) is 3. The quantitative estimate of drug-likeness (QED) is 0.0477. The van der Waals surface area contributed by atoms with E-state index in [4.69, 9.17) is 17.2 Å². The van der Waals surface area contributed by atoms with Gasteiger partial charge in [-0.15, -0.1) is 11.8 Å². The molecule has 2 aliphatic rings. The molecular weight excluding hydrogens is 589 g/mol. The Morgan fingerprint density at radius 2 is 2.13 bits per heavy atom. The molecule has 2 atom stereocenters. The maximum Gasteiger partial charge on any atom is 0.353 e. The van der Waals surface area contributed by atoms with Crippen molar-refractivity contribution in [2.75, 3.05) is 23.8 Å². The second-order valence-electron chi connectivity index (χ2n) is 7.75. The molecule has 2 aliphatic heterocycles. The zero-order chi connectivity index (χ0) is 28.1. The number of oxime groups is 1. The number of aliphatic imine (C=N–C) groups is 1. The monoisotopic (exact) mass is 610 g/mol. The van der Waals surface area contributed by atoms with Gasteiger partial charge >= 0.3 is 5.97 Å². The minimum absolute atomic E-state index is 0.0249. The van der Waals surface area contributed by atoms with Crippen LogP contribution in [-0.2, 0) is 20.1 Å². The number of carbonyl (C=O) groups is 3. The predicted octanol–water partition coefficient (Wildman–Crippen LogP) is -0.311. The van der Waals surface area contributed by atoms with E-state index in [9.17, 15) is 24.7 Å². The standard InChI is InChI=1S/C20H22N10O5S4/c21-19(22)25-4-5-36-6-8-9(2-1-3-24-8)38-10-7-37-17-12(16(32)30(17)13(10)18(33)34)26-15(31)11(28-35)14-27-20(23)39-29-14/h1-3,12,17,35H,4-7H2,(H,26,31)(H,33,34)(H4,21,22,25)(H2,23,27,29)/b28-11-/t12?,17-/m1/s1. The first-order valence-corrected chi connectivity index (χ1v) is 14.8. The fourth-order valence-corrected chi connectivity index (χ4v) is 7.45. The molecule has 2 amide bonds. The average Bonchev–Trinajstić information content (AvgIpc) is 3.33. The number of nitrogen functional groups attached to an aromatic ring is 1. The number of carbonyl (C=O) groups excluding carboxylic acids is 2. The molecule has 0 radical (unpaired) electrons. The van der Waals surface area contributed by atoms with E-state index >= 15 is 0 Å². The number of aromatic nitrogens is 3. The number of thioether (sulfide) groups is 3. The summed E-state index contributed by atoms with van der Waals surface area (Å²) in [6.07, 6.45) is 1.65. The number of anilines is 1. The van der Waals surface area contributed by atoms with Gasteiger partial charge in [-0.25, -0.2) is 4.79 Å². The Morgan fingerprint density at radius 3 is 2.79 bits per heavy atom.